The summed E-state index contributed by atoms with van der Waals surface area (Å²) in [5, 5.41) is 16.0. The molecule has 2 rings (SSSR count). The highest BCUT2D eigenvalue weighted by Crippen LogP contribution is 2.16. The van der Waals surface area contributed by atoms with Gasteiger partial charge < -0.3 is 15.3 Å². The zero-order valence-electron chi connectivity index (χ0n) is 13.6. The summed E-state index contributed by atoms with van der Waals surface area (Å²) < 4.78 is 1.81. The minimum Gasteiger partial charge on any atom is -0.481 e. The van der Waals surface area contributed by atoms with Gasteiger partial charge in [0.1, 0.15) is 0 Å². The first-order valence-electron chi connectivity index (χ1n) is 7.82. The molecule has 0 bridgehead atoms. The minimum atomic E-state index is -0.953. The molecule has 7 heteroatoms. The lowest BCUT2D eigenvalue weighted by molar-refractivity contribution is -0.137. The Morgan fingerprint density at radius 3 is 2.67 bits per heavy atom. The van der Waals surface area contributed by atoms with E-state index in [4.69, 9.17) is 5.11 Å². The molecule has 0 fully saturated rings. The van der Waals surface area contributed by atoms with Gasteiger partial charge in [-0.2, -0.15) is 5.10 Å². The molecule has 24 heavy (non-hydrogen) atoms. The van der Waals surface area contributed by atoms with E-state index in [9.17, 15) is 9.59 Å². The lowest BCUT2D eigenvalue weighted by Crippen LogP contribution is -2.40. The molecule has 0 radical (unpaired) electrons. The van der Waals surface area contributed by atoms with Crippen molar-refractivity contribution in [1.82, 2.24) is 20.0 Å². The van der Waals surface area contributed by atoms with Crippen LogP contribution in [-0.4, -0.2) is 45.4 Å². The maximum absolute atomic E-state index is 12.3. The quantitative estimate of drug-likeness (QED) is 0.776. The van der Waals surface area contributed by atoms with Crippen LogP contribution in [0.15, 0.2) is 48.8 Å². The van der Waals surface area contributed by atoms with Gasteiger partial charge in [-0.1, -0.05) is 30.3 Å². The van der Waals surface area contributed by atoms with Crippen molar-refractivity contribution < 1.29 is 14.7 Å². The molecule has 0 aliphatic rings. The SMILES string of the molecule is CN(CCCn1cccn1)C(=O)N[C@H](CC(=O)O)c1ccccc1. The van der Waals surface area contributed by atoms with E-state index in [1.165, 1.54) is 0 Å². The molecule has 0 spiro atoms. The van der Waals surface area contributed by atoms with E-state index >= 15 is 0 Å². The van der Waals surface area contributed by atoms with Gasteiger partial charge in [-0.25, -0.2) is 4.79 Å². The van der Waals surface area contributed by atoms with Crippen LogP contribution >= 0.6 is 0 Å². The van der Waals surface area contributed by atoms with Gasteiger partial charge in [-0.05, 0) is 18.1 Å². The molecule has 2 N–H and O–H groups in total. The average Bonchev–Trinajstić information content (AvgIpc) is 3.08. The number of carboxylic acids is 1. The van der Waals surface area contributed by atoms with Crippen molar-refractivity contribution >= 4 is 12.0 Å². The minimum absolute atomic E-state index is 0.156. The van der Waals surface area contributed by atoms with Crippen molar-refractivity contribution in [3.8, 4) is 0 Å². The molecule has 0 unspecified atom stereocenters. The van der Waals surface area contributed by atoms with Crippen LogP contribution < -0.4 is 5.32 Å². The van der Waals surface area contributed by atoms with Gasteiger partial charge in [0.2, 0.25) is 0 Å². The number of hydrogen-bond donors (Lipinski definition) is 2. The van der Waals surface area contributed by atoms with E-state index in [1.54, 1.807) is 18.1 Å². The third-order valence-electron chi connectivity index (χ3n) is 3.67. The first-order chi connectivity index (χ1) is 11.6. The van der Waals surface area contributed by atoms with Gasteiger partial charge in [0.05, 0.1) is 12.5 Å². The molecular formula is C17H22N4O3. The number of benzene rings is 1. The van der Waals surface area contributed by atoms with E-state index in [2.05, 4.69) is 10.4 Å². The van der Waals surface area contributed by atoms with Crippen LogP contribution in [0.25, 0.3) is 0 Å². The number of aromatic nitrogens is 2. The molecule has 2 aromatic rings. The molecule has 0 aliphatic heterocycles. The van der Waals surface area contributed by atoms with Gasteiger partial charge in [0.15, 0.2) is 0 Å². The number of carboxylic acid groups (broad SMARTS) is 1. The molecule has 1 heterocycles. The summed E-state index contributed by atoms with van der Waals surface area (Å²) in [5.41, 5.74) is 0.776. The first-order valence-corrected chi connectivity index (χ1v) is 7.82. The van der Waals surface area contributed by atoms with Gasteiger partial charge in [-0.3, -0.25) is 9.48 Å². The normalized spacial score (nSPS) is 11.7. The van der Waals surface area contributed by atoms with Crippen LogP contribution in [0.3, 0.4) is 0 Å². The summed E-state index contributed by atoms with van der Waals surface area (Å²) in [6.45, 7) is 1.28. The van der Waals surface area contributed by atoms with Gasteiger partial charge in [0.25, 0.3) is 0 Å². The van der Waals surface area contributed by atoms with Gasteiger partial charge >= 0.3 is 12.0 Å². The van der Waals surface area contributed by atoms with Crippen LogP contribution in [0.5, 0.6) is 0 Å². The van der Waals surface area contributed by atoms with Crippen LogP contribution in [0.2, 0.25) is 0 Å². The lowest BCUT2D eigenvalue weighted by atomic mass is 10.0. The number of aliphatic carboxylic acids is 1. The van der Waals surface area contributed by atoms with E-state index in [-0.39, 0.29) is 12.5 Å². The average molecular weight is 330 g/mol. The smallest absolute Gasteiger partial charge is 0.317 e. The first kappa shape index (κ1) is 17.5. The Labute approximate surface area is 140 Å². The van der Waals surface area contributed by atoms with Crippen LogP contribution in [-0.2, 0) is 11.3 Å². The van der Waals surface area contributed by atoms with E-state index in [0.29, 0.717) is 6.54 Å². The summed E-state index contributed by atoms with van der Waals surface area (Å²) in [6.07, 6.45) is 4.20. The maximum Gasteiger partial charge on any atom is 0.317 e. The highest BCUT2D eigenvalue weighted by Gasteiger charge is 2.19. The Morgan fingerprint density at radius 1 is 1.29 bits per heavy atom. The van der Waals surface area contributed by atoms with Crippen molar-refractivity contribution in [2.24, 2.45) is 0 Å². The molecule has 1 aromatic carbocycles. The van der Waals surface area contributed by atoms with Gasteiger partial charge in [-0.15, -0.1) is 0 Å². The molecular weight excluding hydrogens is 308 g/mol. The number of carbonyl (C=O) groups excluding carboxylic acids is 1. The third kappa shape index (κ3) is 5.42. The molecule has 7 nitrogen and oxygen atoms in total. The van der Waals surface area contributed by atoms with E-state index < -0.39 is 12.0 Å². The van der Waals surface area contributed by atoms with Crippen molar-refractivity contribution in [2.45, 2.75) is 25.4 Å². The molecule has 0 aliphatic carbocycles. The molecule has 1 aromatic heterocycles. The van der Waals surface area contributed by atoms with Crippen LogP contribution in [0, 0.1) is 0 Å². The van der Waals surface area contributed by atoms with Crippen LogP contribution in [0.1, 0.15) is 24.4 Å². The molecule has 128 valence electrons. The number of nitrogens with zero attached hydrogens (tertiary/aromatic N) is 3. The number of amides is 2. The molecule has 2 amide bonds. The Balaban J connectivity index is 1.87. The zero-order chi connectivity index (χ0) is 17.4. The standard InChI is InChI=1S/C17H22N4O3/c1-20(10-6-12-21-11-5-9-18-21)17(24)19-15(13-16(22)23)14-7-3-2-4-8-14/h2-5,7-9,11,15H,6,10,12-13H2,1H3,(H,19,24)(H,22,23)/t15-/m1/s1. The molecule has 0 saturated heterocycles. The largest absolute Gasteiger partial charge is 0.481 e. The Kier molecular flexibility index (Phi) is 6.36. The topological polar surface area (TPSA) is 87.5 Å². The summed E-state index contributed by atoms with van der Waals surface area (Å²) in [5.74, 6) is -0.953. The number of urea groups is 1. The van der Waals surface area contributed by atoms with Crippen molar-refractivity contribution in [2.75, 3.05) is 13.6 Å². The van der Waals surface area contributed by atoms with Crippen molar-refractivity contribution in [3.05, 3.63) is 54.4 Å². The second kappa shape index (κ2) is 8.71. The van der Waals surface area contributed by atoms with E-state index in [0.717, 1.165) is 18.5 Å². The molecule has 0 saturated carbocycles. The van der Waals surface area contributed by atoms with Crippen LogP contribution in [0.4, 0.5) is 4.79 Å². The fraction of sp³-hybridized carbons (Fsp3) is 0.353. The number of rotatable bonds is 8. The fourth-order valence-electron chi connectivity index (χ4n) is 2.38. The predicted molar refractivity (Wildman–Crippen MR) is 89.4 cm³/mol. The summed E-state index contributed by atoms with van der Waals surface area (Å²) in [6, 6.07) is 10.1. The third-order valence-corrected chi connectivity index (χ3v) is 3.67. The number of nitrogens with one attached hydrogen (secondary N) is 1. The Hall–Kier alpha value is -2.83. The fourth-order valence-corrected chi connectivity index (χ4v) is 2.38. The Morgan fingerprint density at radius 2 is 2.04 bits per heavy atom. The predicted octanol–water partition coefficient (Wildman–Crippen LogP) is 2.13. The second-order valence-electron chi connectivity index (χ2n) is 5.55. The Bertz CT molecular complexity index is 643. The maximum atomic E-state index is 12.3. The monoisotopic (exact) mass is 330 g/mol. The summed E-state index contributed by atoms with van der Waals surface area (Å²) >= 11 is 0. The zero-order valence-corrected chi connectivity index (χ0v) is 13.6. The highest BCUT2D eigenvalue weighted by atomic mass is 16.4. The highest BCUT2D eigenvalue weighted by molar-refractivity contribution is 5.76. The molecule has 1 atom stereocenters. The number of aryl methyl sites for hydroxylation is 1. The van der Waals surface area contributed by atoms with Gasteiger partial charge in [0, 0.05) is 32.5 Å². The van der Waals surface area contributed by atoms with E-state index in [1.807, 2.05) is 47.3 Å². The van der Waals surface area contributed by atoms with Crippen molar-refractivity contribution in [1.29, 1.82) is 0 Å². The summed E-state index contributed by atoms with van der Waals surface area (Å²) in [7, 11) is 1.70. The summed E-state index contributed by atoms with van der Waals surface area (Å²) in [4.78, 5) is 24.9. The lowest BCUT2D eigenvalue weighted by Gasteiger charge is -2.23. The van der Waals surface area contributed by atoms with Crippen molar-refractivity contribution in [3.63, 3.8) is 0 Å². The number of hydrogen-bond acceptors (Lipinski definition) is 3. The second-order valence-corrected chi connectivity index (χ2v) is 5.55. The number of carbonyl (C=O) groups is 2.